The van der Waals surface area contributed by atoms with Gasteiger partial charge >= 0.3 is 0 Å². The summed E-state index contributed by atoms with van der Waals surface area (Å²) in [5, 5.41) is 5.32. The molecular weight excluding hydrogens is 263 g/mol. The van der Waals surface area contributed by atoms with E-state index in [4.69, 9.17) is 11.5 Å². The minimum Gasteiger partial charge on any atom is -0.398 e. The Morgan fingerprint density at radius 1 is 1.35 bits per heavy atom. The fourth-order valence-electron chi connectivity index (χ4n) is 1.67. The van der Waals surface area contributed by atoms with Gasteiger partial charge in [0.15, 0.2) is 0 Å². The molecule has 0 atom stereocenters. The third kappa shape index (κ3) is 3.37. The number of nitrogens with one attached hydrogen (secondary N) is 2. The number of amides is 2. The molecule has 110 valence electrons. The zero-order valence-corrected chi connectivity index (χ0v) is 11.7. The topological polar surface area (TPSA) is 110 Å². The van der Waals surface area contributed by atoms with Crippen LogP contribution in [0.3, 0.4) is 0 Å². The summed E-state index contributed by atoms with van der Waals surface area (Å²) < 4.78 is 13.8. The SMILES string of the molecule is CNC(=O)C(C)(C)CNc1cc(C(N)=O)c(N)cc1F. The van der Waals surface area contributed by atoms with Crippen molar-refractivity contribution in [3.63, 3.8) is 0 Å². The molecule has 20 heavy (non-hydrogen) atoms. The summed E-state index contributed by atoms with van der Waals surface area (Å²) in [6.45, 7) is 3.61. The van der Waals surface area contributed by atoms with Gasteiger partial charge in [-0.3, -0.25) is 9.59 Å². The van der Waals surface area contributed by atoms with Crippen LogP contribution in [0.15, 0.2) is 12.1 Å². The van der Waals surface area contributed by atoms with Gasteiger partial charge in [0.2, 0.25) is 5.91 Å². The van der Waals surface area contributed by atoms with Gasteiger partial charge in [-0.15, -0.1) is 0 Å². The van der Waals surface area contributed by atoms with Crippen molar-refractivity contribution in [2.75, 3.05) is 24.6 Å². The molecule has 0 saturated carbocycles. The highest BCUT2D eigenvalue weighted by atomic mass is 19.1. The number of anilines is 2. The Kier molecular flexibility index (Phi) is 4.54. The monoisotopic (exact) mass is 282 g/mol. The van der Waals surface area contributed by atoms with Crippen molar-refractivity contribution in [1.29, 1.82) is 0 Å². The van der Waals surface area contributed by atoms with Crippen LogP contribution < -0.4 is 22.1 Å². The first-order valence-corrected chi connectivity index (χ1v) is 6.04. The van der Waals surface area contributed by atoms with Gasteiger partial charge < -0.3 is 22.1 Å². The molecule has 0 spiro atoms. The average molecular weight is 282 g/mol. The molecule has 0 unspecified atom stereocenters. The Morgan fingerprint density at radius 2 is 1.95 bits per heavy atom. The molecule has 7 heteroatoms. The van der Waals surface area contributed by atoms with Crippen LogP contribution in [0.2, 0.25) is 0 Å². The second kappa shape index (κ2) is 5.77. The molecule has 0 fully saturated rings. The van der Waals surface area contributed by atoms with Crippen molar-refractivity contribution in [1.82, 2.24) is 5.32 Å². The van der Waals surface area contributed by atoms with Gasteiger partial charge in [-0.1, -0.05) is 0 Å². The Hall–Kier alpha value is -2.31. The van der Waals surface area contributed by atoms with Crippen LogP contribution in [0, 0.1) is 11.2 Å². The Morgan fingerprint density at radius 3 is 2.45 bits per heavy atom. The minimum absolute atomic E-state index is 0.0221. The first-order chi connectivity index (χ1) is 9.19. The Bertz CT molecular complexity index is 543. The smallest absolute Gasteiger partial charge is 0.250 e. The molecule has 0 aliphatic rings. The molecule has 0 heterocycles. The van der Waals surface area contributed by atoms with E-state index in [-0.39, 0.29) is 29.4 Å². The number of nitrogens with two attached hydrogens (primary N) is 2. The van der Waals surface area contributed by atoms with E-state index in [1.54, 1.807) is 13.8 Å². The molecule has 6 N–H and O–H groups in total. The number of carbonyl (C=O) groups is 2. The zero-order chi connectivity index (χ0) is 15.5. The summed E-state index contributed by atoms with van der Waals surface area (Å²) >= 11 is 0. The first-order valence-electron chi connectivity index (χ1n) is 6.04. The predicted octanol–water partition coefficient (Wildman–Crippen LogP) is 0.691. The van der Waals surface area contributed by atoms with Gasteiger partial charge in [0.05, 0.1) is 16.7 Å². The van der Waals surface area contributed by atoms with Crippen LogP contribution in [0.1, 0.15) is 24.2 Å². The van der Waals surface area contributed by atoms with Crippen LogP contribution in [-0.4, -0.2) is 25.4 Å². The first kappa shape index (κ1) is 15.7. The zero-order valence-electron chi connectivity index (χ0n) is 11.7. The predicted molar refractivity (Wildman–Crippen MR) is 75.7 cm³/mol. The number of hydrogen-bond acceptors (Lipinski definition) is 4. The van der Waals surface area contributed by atoms with E-state index in [1.807, 2.05) is 0 Å². The molecule has 2 amide bonds. The second-order valence-corrected chi connectivity index (χ2v) is 5.10. The molecule has 0 saturated heterocycles. The van der Waals surface area contributed by atoms with Crippen LogP contribution >= 0.6 is 0 Å². The summed E-state index contributed by atoms with van der Waals surface area (Å²) in [5.41, 5.74) is 10.0. The summed E-state index contributed by atoms with van der Waals surface area (Å²) in [5.74, 6) is -1.53. The number of halogens is 1. The second-order valence-electron chi connectivity index (χ2n) is 5.10. The lowest BCUT2D eigenvalue weighted by Crippen LogP contribution is -2.39. The molecule has 1 rings (SSSR count). The van der Waals surface area contributed by atoms with Crippen molar-refractivity contribution >= 4 is 23.2 Å². The number of carbonyl (C=O) groups excluding carboxylic acids is 2. The molecular formula is C13H19FN4O2. The van der Waals surface area contributed by atoms with Crippen molar-refractivity contribution in [3.8, 4) is 0 Å². The van der Waals surface area contributed by atoms with E-state index in [0.29, 0.717) is 0 Å². The minimum atomic E-state index is -0.741. The maximum absolute atomic E-state index is 13.8. The van der Waals surface area contributed by atoms with E-state index >= 15 is 0 Å². The highest BCUT2D eigenvalue weighted by molar-refractivity contribution is 5.99. The van der Waals surface area contributed by atoms with E-state index in [9.17, 15) is 14.0 Å². The lowest BCUT2D eigenvalue weighted by molar-refractivity contribution is -0.128. The van der Waals surface area contributed by atoms with Crippen LogP contribution in [-0.2, 0) is 4.79 Å². The third-order valence-electron chi connectivity index (χ3n) is 2.97. The number of primary amides is 1. The number of rotatable bonds is 5. The molecule has 0 radical (unpaired) electrons. The molecule has 1 aromatic carbocycles. The van der Waals surface area contributed by atoms with Gasteiger partial charge in [-0.2, -0.15) is 0 Å². The molecule has 0 aliphatic carbocycles. The normalized spacial score (nSPS) is 11.0. The number of nitrogen functional groups attached to an aromatic ring is 1. The average Bonchev–Trinajstić information content (AvgIpc) is 2.36. The third-order valence-corrected chi connectivity index (χ3v) is 2.97. The van der Waals surface area contributed by atoms with Crippen molar-refractivity contribution in [2.45, 2.75) is 13.8 Å². The Balaban J connectivity index is 2.96. The van der Waals surface area contributed by atoms with Crippen molar-refractivity contribution in [2.24, 2.45) is 11.1 Å². The van der Waals surface area contributed by atoms with Gasteiger partial charge in [-0.05, 0) is 26.0 Å². The van der Waals surface area contributed by atoms with E-state index in [1.165, 1.54) is 13.1 Å². The van der Waals surface area contributed by atoms with Gasteiger partial charge in [-0.25, -0.2) is 4.39 Å². The highest BCUT2D eigenvalue weighted by Gasteiger charge is 2.26. The number of hydrogen-bond donors (Lipinski definition) is 4. The lowest BCUT2D eigenvalue weighted by Gasteiger charge is -2.23. The number of benzene rings is 1. The molecule has 0 aromatic heterocycles. The van der Waals surface area contributed by atoms with E-state index in [2.05, 4.69) is 10.6 Å². The summed E-state index contributed by atoms with van der Waals surface area (Å²) in [7, 11) is 1.53. The maximum atomic E-state index is 13.8. The van der Waals surface area contributed by atoms with Crippen LogP contribution in [0.25, 0.3) is 0 Å². The highest BCUT2D eigenvalue weighted by Crippen LogP contribution is 2.24. The van der Waals surface area contributed by atoms with E-state index < -0.39 is 17.1 Å². The van der Waals surface area contributed by atoms with Gasteiger partial charge in [0, 0.05) is 19.3 Å². The summed E-state index contributed by atoms with van der Waals surface area (Å²) in [6.07, 6.45) is 0. The lowest BCUT2D eigenvalue weighted by atomic mass is 9.92. The molecule has 1 aromatic rings. The standard InChI is InChI=1S/C13H19FN4O2/c1-13(2,12(20)17-3)6-18-10-4-7(11(16)19)9(15)5-8(10)14/h4-5,18H,6,15H2,1-3H3,(H2,16,19)(H,17,20). The molecule has 6 nitrogen and oxygen atoms in total. The summed E-state index contributed by atoms with van der Waals surface area (Å²) in [6, 6.07) is 2.27. The van der Waals surface area contributed by atoms with Crippen LogP contribution in [0.5, 0.6) is 0 Å². The molecule has 0 bridgehead atoms. The van der Waals surface area contributed by atoms with Crippen LogP contribution in [0.4, 0.5) is 15.8 Å². The fourth-order valence-corrected chi connectivity index (χ4v) is 1.67. The van der Waals surface area contributed by atoms with Crippen molar-refractivity contribution in [3.05, 3.63) is 23.5 Å². The fraction of sp³-hybridized carbons (Fsp3) is 0.385. The van der Waals surface area contributed by atoms with Crippen molar-refractivity contribution < 1.29 is 14.0 Å². The largest absolute Gasteiger partial charge is 0.398 e. The van der Waals surface area contributed by atoms with Gasteiger partial charge in [0.25, 0.3) is 5.91 Å². The Labute approximate surface area is 116 Å². The summed E-state index contributed by atoms with van der Waals surface area (Å²) in [4.78, 5) is 22.8. The maximum Gasteiger partial charge on any atom is 0.250 e. The quantitative estimate of drug-likeness (QED) is 0.595. The van der Waals surface area contributed by atoms with Gasteiger partial charge in [0.1, 0.15) is 5.82 Å². The van der Waals surface area contributed by atoms with E-state index in [0.717, 1.165) is 6.07 Å². The molecule has 0 aliphatic heterocycles.